The number of rotatable bonds is 2. The Bertz CT molecular complexity index is 1700. The third kappa shape index (κ3) is 2.53. The van der Waals surface area contributed by atoms with Gasteiger partial charge in [0.25, 0.3) is 0 Å². The van der Waals surface area contributed by atoms with Gasteiger partial charge in [-0.25, -0.2) is 9.97 Å². The zero-order valence-electron chi connectivity index (χ0n) is 16.7. The third-order valence-corrected chi connectivity index (χ3v) is 6.02. The number of aromatic nitrogens is 4. The van der Waals surface area contributed by atoms with E-state index >= 15 is 0 Å². The van der Waals surface area contributed by atoms with Crippen molar-refractivity contribution < 1.29 is 0 Å². The van der Waals surface area contributed by atoms with Crippen molar-refractivity contribution in [3.8, 4) is 11.4 Å². The van der Waals surface area contributed by atoms with E-state index in [2.05, 4.69) is 11.5 Å². The topological polar surface area (TPSA) is 52.2 Å². The van der Waals surface area contributed by atoms with Gasteiger partial charge in [-0.3, -0.25) is 9.20 Å². The minimum Gasteiger partial charge on any atom is -0.325 e. The summed E-state index contributed by atoms with van der Waals surface area (Å²) in [4.78, 5) is 23.5. The fourth-order valence-corrected chi connectivity index (χ4v) is 4.50. The van der Waals surface area contributed by atoms with Gasteiger partial charge in [-0.2, -0.15) is 0 Å². The molecule has 6 heteroatoms. The summed E-state index contributed by atoms with van der Waals surface area (Å²) in [6, 6.07) is 23.1. The van der Waals surface area contributed by atoms with Crippen LogP contribution in [0.15, 0.2) is 77.6 Å². The van der Waals surface area contributed by atoms with Crippen molar-refractivity contribution >= 4 is 50.2 Å². The molecule has 0 aliphatic rings. The molecule has 150 valence electrons. The lowest BCUT2D eigenvalue weighted by Crippen LogP contribution is -2.14. The minimum atomic E-state index is -0.0502. The van der Waals surface area contributed by atoms with E-state index in [-0.39, 0.29) is 5.43 Å². The highest BCUT2D eigenvalue weighted by molar-refractivity contribution is 6.30. The molecule has 0 fully saturated rings. The SMILES string of the molecule is CCn1c2ccccc2c(=O)c2c1nc(-c1ccc(Cl)cc1)n1c3ccccc3nc21. The molecule has 31 heavy (non-hydrogen) atoms. The van der Waals surface area contributed by atoms with E-state index in [1.807, 2.05) is 77.2 Å². The van der Waals surface area contributed by atoms with Crippen molar-refractivity contribution in [3.05, 3.63) is 88.0 Å². The van der Waals surface area contributed by atoms with Crippen molar-refractivity contribution in [3.63, 3.8) is 0 Å². The number of pyridine rings is 1. The summed E-state index contributed by atoms with van der Waals surface area (Å²) < 4.78 is 4.07. The summed E-state index contributed by atoms with van der Waals surface area (Å²) in [5.41, 5.74) is 4.72. The highest BCUT2D eigenvalue weighted by atomic mass is 35.5. The Morgan fingerprint density at radius 1 is 0.839 bits per heavy atom. The Morgan fingerprint density at radius 2 is 1.55 bits per heavy atom. The van der Waals surface area contributed by atoms with Crippen LogP contribution in [0.5, 0.6) is 0 Å². The van der Waals surface area contributed by atoms with E-state index in [1.165, 1.54) is 0 Å². The number of imidazole rings is 1. The highest BCUT2D eigenvalue weighted by Gasteiger charge is 2.20. The van der Waals surface area contributed by atoms with E-state index in [9.17, 15) is 4.79 Å². The van der Waals surface area contributed by atoms with Gasteiger partial charge in [-0.15, -0.1) is 0 Å². The smallest absolute Gasteiger partial charge is 0.202 e. The molecular weight excluding hydrogens is 408 g/mol. The number of nitrogens with zero attached hydrogens (tertiary/aromatic N) is 4. The van der Waals surface area contributed by atoms with Crippen LogP contribution in [0, 0.1) is 0 Å². The molecule has 0 bridgehead atoms. The molecule has 6 aromatic rings. The first kappa shape index (κ1) is 18.1. The van der Waals surface area contributed by atoms with E-state index in [1.54, 1.807) is 0 Å². The Hall–Kier alpha value is -3.70. The molecule has 0 aliphatic carbocycles. The molecular formula is C25H17ClN4O. The van der Waals surface area contributed by atoms with E-state index in [4.69, 9.17) is 21.6 Å². The fraction of sp³-hybridized carbons (Fsp3) is 0.0800. The Morgan fingerprint density at radius 3 is 2.32 bits per heavy atom. The van der Waals surface area contributed by atoms with E-state index < -0.39 is 0 Å². The second-order valence-corrected chi connectivity index (χ2v) is 7.93. The largest absolute Gasteiger partial charge is 0.325 e. The van der Waals surface area contributed by atoms with Crippen LogP contribution in [-0.4, -0.2) is 18.9 Å². The van der Waals surface area contributed by atoms with Gasteiger partial charge in [0.2, 0.25) is 5.43 Å². The average molecular weight is 425 g/mol. The fourth-order valence-electron chi connectivity index (χ4n) is 4.38. The summed E-state index contributed by atoms with van der Waals surface area (Å²) in [6.07, 6.45) is 0. The molecule has 0 amide bonds. The van der Waals surface area contributed by atoms with Gasteiger partial charge in [-0.05, 0) is 55.5 Å². The number of halogens is 1. The first-order valence-corrected chi connectivity index (χ1v) is 10.5. The van der Waals surface area contributed by atoms with Crippen molar-refractivity contribution in [1.82, 2.24) is 18.9 Å². The zero-order valence-corrected chi connectivity index (χ0v) is 17.5. The standard InChI is InChI=1S/C25H17ClN4O/c1-2-29-19-9-5-3-7-17(19)22(31)21-24(29)28-23(15-11-13-16(26)14-12-15)30-20-10-6-4-8-18(20)27-25(21)30/h3-14H,2H2,1H3. The highest BCUT2D eigenvalue weighted by Crippen LogP contribution is 2.30. The Labute approximate surface area is 182 Å². The lowest BCUT2D eigenvalue weighted by molar-refractivity contribution is 0.808. The van der Waals surface area contributed by atoms with Gasteiger partial charge >= 0.3 is 0 Å². The van der Waals surface area contributed by atoms with Crippen LogP contribution < -0.4 is 5.43 Å². The van der Waals surface area contributed by atoms with Crippen LogP contribution in [0.2, 0.25) is 5.02 Å². The quantitative estimate of drug-likeness (QED) is 0.335. The van der Waals surface area contributed by atoms with Gasteiger partial charge < -0.3 is 4.57 Å². The minimum absolute atomic E-state index is 0.0502. The number of benzene rings is 3. The molecule has 3 heterocycles. The first-order chi connectivity index (χ1) is 15.2. The molecule has 0 atom stereocenters. The maximum absolute atomic E-state index is 13.6. The maximum Gasteiger partial charge on any atom is 0.202 e. The predicted molar refractivity (Wildman–Crippen MR) is 126 cm³/mol. The Balaban J connectivity index is 1.93. The van der Waals surface area contributed by atoms with Crippen molar-refractivity contribution in [2.75, 3.05) is 0 Å². The second-order valence-electron chi connectivity index (χ2n) is 7.49. The summed E-state index contributed by atoms with van der Waals surface area (Å²) in [5, 5.41) is 1.87. The number of fused-ring (bicyclic) bond motifs is 6. The average Bonchev–Trinajstić information content (AvgIpc) is 3.19. The zero-order chi connectivity index (χ0) is 21.1. The molecule has 0 aliphatic heterocycles. The first-order valence-electron chi connectivity index (χ1n) is 10.2. The summed E-state index contributed by atoms with van der Waals surface area (Å²) >= 11 is 6.14. The molecule has 6 rings (SSSR count). The van der Waals surface area contributed by atoms with Crippen molar-refractivity contribution in [2.24, 2.45) is 0 Å². The number of hydrogen-bond acceptors (Lipinski definition) is 3. The lowest BCUT2D eigenvalue weighted by atomic mass is 10.1. The van der Waals surface area contributed by atoms with Crippen LogP contribution in [0.1, 0.15) is 6.92 Å². The Kier molecular flexibility index (Phi) is 3.88. The monoisotopic (exact) mass is 424 g/mol. The molecule has 0 unspecified atom stereocenters. The summed E-state index contributed by atoms with van der Waals surface area (Å²) in [6.45, 7) is 2.74. The number of hydrogen-bond donors (Lipinski definition) is 0. The number of aryl methyl sites for hydroxylation is 1. The van der Waals surface area contributed by atoms with Crippen molar-refractivity contribution in [1.29, 1.82) is 0 Å². The van der Waals surface area contributed by atoms with Crippen LogP contribution >= 0.6 is 11.6 Å². The molecule has 0 saturated heterocycles. The molecule has 3 aromatic heterocycles. The van der Waals surface area contributed by atoms with Crippen LogP contribution in [0.4, 0.5) is 0 Å². The molecule has 3 aromatic carbocycles. The van der Waals surface area contributed by atoms with Gasteiger partial charge in [0, 0.05) is 22.5 Å². The second kappa shape index (κ2) is 6.65. The van der Waals surface area contributed by atoms with Crippen LogP contribution in [0.3, 0.4) is 0 Å². The molecule has 0 saturated carbocycles. The summed E-state index contributed by atoms with van der Waals surface area (Å²) in [5.74, 6) is 0.727. The van der Waals surface area contributed by atoms with Gasteiger partial charge in [0.15, 0.2) is 11.3 Å². The number of para-hydroxylation sites is 3. The van der Waals surface area contributed by atoms with Crippen molar-refractivity contribution in [2.45, 2.75) is 13.5 Å². The van der Waals surface area contributed by atoms with Crippen LogP contribution in [0.25, 0.3) is 50.0 Å². The van der Waals surface area contributed by atoms with Gasteiger partial charge in [0.05, 0.1) is 16.6 Å². The molecule has 0 spiro atoms. The maximum atomic E-state index is 13.6. The lowest BCUT2D eigenvalue weighted by Gasteiger charge is -2.15. The van der Waals surface area contributed by atoms with E-state index in [0.29, 0.717) is 33.6 Å². The van der Waals surface area contributed by atoms with Gasteiger partial charge in [0.1, 0.15) is 11.2 Å². The molecule has 0 N–H and O–H groups in total. The van der Waals surface area contributed by atoms with E-state index in [0.717, 1.165) is 27.9 Å². The predicted octanol–water partition coefficient (Wildman–Crippen LogP) is 5.69. The van der Waals surface area contributed by atoms with Crippen LogP contribution in [-0.2, 0) is 6.54 Å². The van der Waals surface area contributed by atoms with Gasteiger partial charge in [-0.1, -0.05) is 35.9 Å². The normalized spacial score (nSPS) is 11.8. The third-order valence-electron chi connectivity index (χ3n) is 5.77. The summed E-state index contributed by atoms with van der Waals surface area (Å²) in [7, 11) is 0. The molecule has 0 radical (unpaired) electrons. The molecule has 5 nitrogen and oxygen atoms in total.